The third kappa shape index (κ3) is 1.82. The summed E-state index contributed by atoms with van der Waals surface area (Å²) in [4.78, 5) is 15.9. The number of hydrogen-bond acceptors (Lipinski definition) is 4. The smallest absolute Gasteiger partial charge is 0.141 e. The van der Waals surface area contributed by atoms with Crippen molar-refractivity contribution in [2.75, 3.05) is 7.11 Å². The van der Waals surface area contributed by atoms with Gasteiger partial charge in [-0.05, 0) is 12.5 Å². The second-order valence-electron chi connectivity index (χ2n) is 5.45. The monoisotopic (exact) mass is 293 g/mol. The largest absolute Gasteiger partial charge is 0.497 e. The molecule has 0 saturated heterocycles. The van der Waals surface area contributed by atoms with Gasteiger partial charge in [-0.25, -0.2) is 4.98 Å². The molecule has 5 nitrogen and oxygen atoms in total. The number of hydrogen-bond donors (Lipinski definition) is 0. The number of nitrogens with zero attached hydrogens (tertiary/aromatic N) is 3. The van der Waals surface area contributed by atoms with Crippen LogP contribution >= 0.6 is 0 Å². The zero-order valence-corrected chi connectivity index (χ0v) is 12.2. The number of methoxy groups -OCH3 is 1. The van der Waals surface area contributed by atoms with Crippen LogP contribution in [0, 0.1) is 4.91 Å². The fraction of sp³-hybridized carbons (Fsp3) is 0.235. The molecule has 5 heteroatoms. The van der Waals surface area contributed by atoms with E-state index in [1.54, 1.807) is 7.11 Å². The Morgan fingerprint density at radius 1 is 1.27 bits per heavy atom. The van der Waals surface area contributed by atoms with Crippen molar-refractivity contribution in [3.8, 4) is 17.1 Å². The van der Waals surface area contributed by atoms with Gasteiger partial charge in [-0.1, -0.05) is 35.5 Å². The molecule has 2 heterocycles. The Morgan fingerprint density at radius 2 is 2.09 bits per heavy atom. The first-order chi connectivity index (χ1) is 10.8. The van der Waals surface area contributed by atoms with Gasteiger partial charge in [0.2, 0.25) is 0 Å². The average molecular weight is 293 g/mol. The summed E-state index contributed by atoms with van der Waals surface area (Å²) in [5.41, 5.74) is 3.82. The van der Waals surface area contributed by atoms with Gasteiger partial charge in [0.1, 0.15) is 17.6 Å². The lowest BCUT2D eigenvalue weighted by atomic mass is 9.99. The highest BCUT2D eigenvalue weighted by molar-refractivity contribution is 5.86. The van der Waals surface area contributed by atoms with E-state index in [1.807, 2.05) is 42.5 Å². The highest BCUT2D eigenvalue weighted by Gasteiger charge is 2.27. The topological polar surface area (TPSA) is 56.5 Å². The van der Waals surface area contributed by atoms with Crippen LogP contribution in [0.4, 0.5) is 0 Å². The fourth-order valence-electron chi connectivity index (χ4n) is 3.19. The van der Waals surface area contributed by atoms with Gasteiger partial charge < -0.3 is 9.30 Å². The first-order valence-corrected chi connectivity index (χ1v) is 7.28. The maximum absolute atomic E-state index is 11.2. The van der Waals surface area contributed by atoms with Crippen molar-refractivity contribution in [1.29, 1.82) is 0 Å². The number of ether oxygens (including phenoxy) is 1. The Bertz CT molecular complexity index is 855. The Balaban J connectivity index is 2.04. The molecule has 1 aliphatic heterocycles. The molecule has 0 fully saturated rings. The van der Waals surface area contributed by atoms with E-state index in [9.17, 15) is 4.91 Å². The van der Waals surface area contributed by atoms with Gasteiger partial charge in [-0.15, -0.1) is 0 Å². The molecule has 0 amide bonds. The molecular weight excluding hydrogens is 278 g/mol. The maximum atomic E-state index is 11.2. The molecule has 0 N–H and O–H groups in total. The average Bonchev–Trinajstić information content (AvgIpc) is 2.96. The van der Waals surface area contributed by atoms with Crippen molar-refractivity contribution in [2.45, 2.75) is 19.0 Å². The van der Waals surface area contributed by atoms with Gasteiger partial charge in [-0.2, -0.15) is 4.91 Å². The van der Waals surface area contributed by atoms with Crippen molar-refractivity contribution >= 4 is 11.0 Å². The minimum Gasteiger partial charge on any atom is -0.497 e. The maximum Gasteiger partial charge on any atom is 0.141 e. The van der Waals surface area contributed by atoms with Crippen LogP contribution in [-0.4, -0.2) is 16.7 Å². The molecule has 1 aromatic heterocycles. The molecule has 3 aromatic rings. The Kier molecular flexibility index (Phi) is 2.92. The zero-order chi connectivity index (χ0) is 15.1. The van der Waals surface area contributed by atoms with Gasteiger partial charge in [-0.3, -0.25) is 0 Å². The highest BCUT2D eigenvalue weighted by atomic mass is 16.5. The van der Waals surface area contributed by atoms with Crippen molar-refractivity contribution < 1.29 is 4.74 Å². The molecule has 0 bridgehead atoms. The predicted octanol–water partition coefficient (Wildman–Crippen LogP) is 3.92. The van der Waals surface area contributed by atoms with Gasteiger partial charge in [0.05, 0.1) is 18.1 Å². The predicted molar refractivity (Wildman–Crippen MR) is 84.9 cm³/mol. The number of aromatic nitrogens is 2. The van der Waals surface area contributed by atoms with E-state index in [1.165, 1.54) is 0 Å². The van der Waals surface area contributed by atoms with Crippen LogP contribution in [0.5, 0.6) is 5.75 Å². The minimum atomic E-state index is -0.328. The molecule has 0 saturated carbocycles. The highest BCUT2D eigenvalue weighted by Crippen LogP contribution is 2.39. The molecule has 0 spiro atoms. The molecule has 4 rings (SSSR count). The van der Waals surface area contributed by atoms with Crippen LogP contribution < -0.4 is 4.74 Å². The van der Waals surface area contributed by atoms with Gasteiger partial charge in [0, 0.05) is 23.7 Å². The summed E-state index contributed by atoms with van der Waals surface area (Å²) in [6, 6.07) is 13.6. The van der Waals surface area contributed by atoms with E-state index < -0.39 is 0 Å². The molecule has 22 heavy (non-hydrogen) atoms. The van der Waals surface area contributed by atoms with Crippen molar-refractivity contribution in [3.63, 3.8) is 0 Å². The van der Waals surface area contributed by atoms with Crippen LogP contribution in [0.25, 0.3) is 22.4 Å². The first-order valence-electron chi connectivity index (χ1n) is 7.28. The molecule has 1 unspecified atom stereocenters. The standard InChI is InChI=1S/C17H15N3O2/c1-22-12-9-13-14(19-21)7-8-20-16(13)15(10-12)18-17(20)11-5-3-2-4-6-11/h2-6,9-10,14H,7-8H2,1H3. The van der Waals surface area contributed by atoms with Crippen LogP contribution in [-0.2, 0) is 6.54 Å². The van der Waals surface area contributed by atoms with Gasteiger partial charge in [0.25, 0.3) is 0 Å². The number of benzene rings is 2. The van der Waals surface area contributed by atoms with E-state index >= 15 is 0 Å². The summed E-state index contributed by atoms with van der Waals surface area (Å²) in [6.07, 6.45) is 0.689. The number of rotatable bonds is 3. The van der Waals surface area contributed by atoms with E-state index in [0.717, 1.165) is 34.5 Å². The normalized spacial score (nSPS) is 16.7. The van der Waals surface area contributed by atoms with Gasteiger partial charge in [0.15, 0.2) is 0 Å². The molecular formula is C17H15N3O2. The van der Waals surface area contributed by atoms with Gasteiger partial charge >= 0.3 is 0 Å². The van der Waals surface area contributed by atoms with Crippen LogP contribution in [0.1, 0.15) is 18.0 Å². The van der Waals surface area contributed by atoms with E-state index in [0.29, 0.717) is 12.2 Å². The lowest BCUT2D eigenvalue weighted by Gasteiger charge is -2.21. The van der Waals surface area contributed by atoms with Crippen LogP contribution in [0.15, 0.2) is 47.6 Å². The second-order valence-corrected chi connectivity index (χ2v) is 5.45. The second kappa shape index (κ2) is 4.94. The van der Waals surface area contributed by atoms with Crippen molar-refractivity contribution in [3.05, 3.63) is 52.9 Å². The summed E-state index contributed by atoms with van der Waals surface area (Å²) in [6.45, 7) is 0.746. The summed E-state index contributed by atoms with van der Waals surface area (Å²) >= 11 is 0. The SMILES string of the molecule is COc1cc2c3c(c1)nc(-c1ccccc1)n3CCC2N=O. The lowest BCUT2D eigenvalue weighted by molar-refractivity contribution is 0.413. The Morgan fingerprint density at radius 3 is 2.82 bits per heavy atom. The first kappa shape index (κ1) is 13.0. The third-order valence-electron chi connectivity index (χ3n) is 4.22. The molecule has 0 aliphatic carbocycles. The summed E-state index contributed by atoms with van der Waals surface area (Å²) in [5, 5.41) is 3.28. The van der Waals surface area contributed by atoms with Crippen LogP contribution in [0.2, 0.25) is 0 Å². The quantitative estimate of drug-likeness (QED) is 0.688. The number of imidazole rings is 1. The lowest BCUT2D eigenvalue weighted by Crippen LogP contribution is -2.12. The minimum absolute atomic E-state index is 0.328. The molecule has 1 atom stereocenters. The Hall–Kier alpha value is -2.69. The van der Waals surface area contributed by atoms with E-state index in [4.69, 9.17) is 9.72 Å². The zero-order valence-electron chi connectivity index (χ0n) is 12.2. The third-order valence-corrected chi connectivity index (χ3v) is 4.22. The molecule has 1 aliphatic rings. The number of aryl methyl sites for hydroxylation is 1. The summed E-state index contributed by atoms with van der Waals surface area (Å²) < 4.78 is 7.53. The number of nitroso groups, excluding NO2 is 1. The Labute approximate surface area is 127 Å². The van der Waals surface area contributed by atoms with E-state index in [-0.39, 0.29) is 6.04 Å². The fourth-order valence-corrected chi connectivity index (χ4v) is 3.19. The molecule has 110 valence electrons. The van der Waals surface area contributed by atoms with Crippen molar-refractivity contribution in [1.82, 2.24) is 9.55 Å². The molecule has 0 radical (unpaired) electrons. The summed E-state index contributed by atoms with van der Waals surface area (Å²) in [7, 11) is 1.62. The van der Waals surface area contributed by atoms with Crippen molar-refractivity contribution in [2.24, 2.45) is 5.18 Å². The summed E-state index contributed by atoms with van der Waals surface area (Å²) in [5.74, 6) is 1.64. The van der Waals surface area contributed by atoms with Crippen LogP contribution in [0.3, 0.4) is 0 Å². The molecule has 2 aromatic carbocycles. The van der Waals surface area contributed by atoms with E-state index in [2.05, 4.69) is 9.74 Å².